The molecule has 0 saturated carbocycles. The molecular formula is C15H15ClN2O3Se. The molecule has 5 nitrogen and oxygen atoms in total. The molecule has 1 N–H and O–H groups in total. The van der Waals surface area contributed by atoms with Gasteiger partial charge in [0.15, 0.2) is 0 Å². The van der Waals surface area contributed by atoms with E-state index in [1.807, 2.05) is 18.2 Å². The van der Waals surface area contributed by atoms with Gasteiger partial charge in [0.2, 0.25) is 0 Å². The van der Waals surface area contributed by atoms with E-state index in [-0.39, 0.29) is 19.8 Å². The van der Waals surface area contributed by atoms with Crippen molar-refractivity contribution in [3.05, 3.63) is 62.9 Å². The van der Waals surface area contributed by atoms with Crippen LogP contribution in [0.5, 0.6) is 0 Å². The molecule has 1 aromatic carbocycles. The standard InChI is InChI=1S/C15H15ClN2O3Se/c1-10-8-18(14(20)17-13(10)19)15(16)7-12(9-21-15)22-11-5-3-2-4-6-11/h2-6,8,12H,7,9H2,1H3,(H,17,19,20)/t12-,15-/m0/s1. The van der Waals surface area contributed by atoms with Crippen molar-refractivity contribution in [3.63, 3.8) is 0 Å². The number of halogens is 1. The van der Waals surface area contributed by atoms with E-state index in [0.29, 0.717) is 18.6 Å². The van der Waals surface area contributed by atoms with Gasteiger partial charge in [-0.05, 0) is 0 Å². The van der Waals surface area contributed by atoms with E-state index in [1.54, 1.807) is 6.92 Å². The van der Waals surface area contributed by atoms with E-state index < -0.39 is 16.4 Å². The van der Waals surface area contributed by atoms with Crippen LogP contribution in [0, 0.1) is 6.92 Å². The number of H-pyrrole nitrogens is 1. The van der Waals surface area contributed by atoms with Gasteiger partial charge in [0, 0.05) is 0 Å². The van der Waals surface area contributed by atoms with E-state index in [0.717, 1.165) is 0 Å². The van der Waals surface area contributed by atoms with Gasteiger partial charge < -0.3 is 0 Å². The summed E-state index contributed by atoms with van der Waals surface area (Å²) in [7, 11) is 0. The maximum atomic E-state index is 12.0. The van der Waals surface area contributed by atoms with Crippen LogP contribution in [0.1, 0.15) is 12.0 Å². The SMILES string of the molecule is Cc1cn([C@@]2(Cl)C[C@H]([Se]c3ccccc3)CO2)c(=O)[nH]c1=O. The molecule has 0 unspecified atom stereocenters. The number of ether oxygens (including phenoxy) is 1. The first-order valence-corrected chi connectivity index (χ1v) is 9.08. The van der Waals surface area contributed by atoms with Crippen LogP contribution < -0.4 is 15.7 Å². The molecule has 0 amide bonds. The second-order valence-electron chi connectivity index (χ2n) is 5.20. The third kappa shape index (κ3) is 3.06. The molecule has 7 heteroatoms. The summed E-state index contributed by atoms with van der Waals surface area (Å²) in [5, 5.41) is -1.22. The number of aromatic nitrogens is 2. The molecule has 1 aromatic heterocycles. The van der Waals surface area contributed by atoms with Crippen molar-refractivity contribution in [1.82, 2.24) is 9.55 Å². The van der Waals surface area contributed by atoms with E-state index in [4.69, 9.17) is 16.3 Å². The Balaban J connectivity index is 1.83. The predicted octanol–water partition coefficient (Wildman–Crippen LogP) is 0.933. The van der Waals surface area contributed by atoms with Crippen LogP contribution in [0.25, 0.3) is 0 Å². The average Bonchev–Trinajstić information content (AvgIpc) is 2.86. The van der Waals surface area contributed by atoms with Gasteiger partial charge in [0.05, 0.1) is 0 Å². The monoisotopic (exact) mass is 386 g/mol. The Kier molecular flexibility index (Phi) is 4.28. The van der Waals surface area contributed by atoms with Gasteiger partial charge in [-0.2, -0.15) is 0 Å². The van der Waals surface area contributed by atoms with Crippen molar-refractivity contribution in [2.45, 2.75) is 23.3 Å². The molecule has 3 rings (SSSR count). The fraction of sp³-hybridized carbons (Fsp3) is 0.333. The van der Waals surface area contributed by atoms with Gasteiger partial charge in [-0.25, -0.2) is 0 Å². The number of benzene rings is 1. The van der Waals surface area contributed by atoms with Crippen LogP contribution in [0.3, 0.4) is 0 Å². The fourth-order valence-electron chi connectivity index (χ4n) is 2.37. The summed E-state index contributed by atoms with van der Waals surface area (Å²) in [6, 6.07) is 10.2. The molecule has 2 atom stereocenters. The van der Waals surface area contributed by atoms with Crippen LogP contribution in [0.15, 0.2) is 46.1 Å². The molecule has 22 heavy (non-hydrogen) atoms. The number of aromatic amines is 1. The quantitative estimate of drug-likeness (QED) is 0.631. The summed E-state index contributed by atoms with van der Waals surface area (Å²) >= 11 is 6.74. The number of hydrogen-bond acceptors (Lipinski definition) is 3. The molecule has 0 radical (unpaired) electrons. The summed E-state index contributed by atoms with van der Waals surface area (Å²) < 4.78 is 8.27. The van der Waals surface area contributed by atoms with Crippen molar-refractivity contribution in [2.24, 2.45) is 0 Å². The third-order valence-corrected chi connectivity index (χ3v) is 6.42. The molecule has 0 aliphatic carbocycles. The number of nitrogens with zero attached hydrogens (tertiary/aromatic N) is 1. The van der Waals surface area contributed by atoms with Gasteiger partial charge in [-0.1, -0.05) is 0 Å². The predicted molar refractivity (Wildman–Crippen MR) is 86.0 cm³/mol. The molecule has 1 fully saturated rings. The first-order valence-electron chi connectivity index (χ1n) is 6.85. The molecule has 2 heterocycles. The van der Waals surface area contributed by atoms with Gasteiger partial charge >= 0.3 is 138 Å². The van der Waals surface area contributed by atoms with Gasteiger partial charge in [0.1, 0.15) is 0 Å². The van der Waals surface area contributed by atoms with Crippen LogP contribution in [0.2, 0.25) is 4.82 Å². The van der Waals surface area contributed by atoms with Crippen LogP contribution in [0.4, 0.5) is 0 Å². The molecule has 1 saturated heterocycles. The number of alkyl halides is 1. The first kappa shape index (κ1) is 15.6. The molecular weight excluding hydrogens is 371 g/mol. The van der Waals surface area contributed by atoms with Crippen LogP contribution >= 0.6 is 11.6 Å². The van der Waals surface area contributed by atoms with Gasteiger partial charge in [-0.3, -0.25) is 0 Å². The second kappa shape index (κ2) is 6.05. The first-order chi connectivity index (χ1) is 10.5. The van der Waals surface area contributed by atoms with Crippen molar-refractivity contribution in [2.75, 3.05) is 6.61 Å². The molecule has 0 bridgehead atoms. The van der Waals surface area contributed by atoms with E-state index in [2.05, 4.69) is 17.1 Å². The topological polar surface area (TPSA) is 64.1 Å². The number of rotatable bonds is 3. The van der Waals surface area contributed by atoms with Gasteiger partial charge in [-0.15, -0.1) is 0 Å². The van der Waals surface area contributed by atoms with E-state index in [1.165, 1.54) is 15.2 Å². The Morgan fingerprint density at radius 2 is 2.09 bits per heavy atom. The Morgan fingerprint density at radius 1 is 1.36 bits per heavy atom. The van der Waals surface area contributed by atoms with Crippen LogP contribution in [-0.4, -0.2) is 31.1 Å². The summed E-state index contributed by atoms with van der Waals surface area (Å²) in [4.78, 5) is 26.0. The van der Waals surface area contributed by atoms with Crippen molar-refractivity contribution in [3.8, 4) is 0 Å². The Hall–Kier alpha value is -1.33. The van der Waals surface area contributed by atoms with Crippen molar-refractivity contribution < 1.29 is 4.74 Å². The Bertz CT molecular complexity index is 789. The zero-order valence-electron chi connectivity index (χ0n) is 11.9. The summed E-state index contributed by atoms with van der Waals surface area (Å²) in [6.45, 7) is 2.14. The molecule has 116 valence electrons. The minimum absolute atomic E-state index is 0.221. The molecule has 1 aliphatic heterocycles. The van der Waals surface area contributed by atoms with E-state index >= 15 is 0 Å². The zero-order chi connectivity index (χ0) is 15.7. The summed E-state index contributed by atoms with van der Waals surface area (Å²) in [5.74, 6) is 0. The normalized spacial score (nSPS) is 24.5. The van der Waals surface area contributed by atoms with Crippen molar-refractivity contribution in [1.29, 1.82) is 0 Å². The molecule has 2 aromatic rings. The number of hydrogen-bond donors (Lipinski definition) is 1. The Morgan fingerprint density at radius 3 is 2.82 bits per heavy atom. The fourth-order valence-corrected chi connectivity index (χ4v) is 5.35. The second-order valence-corrected chi connectivity index (χ2v) is 8.67. The summed E-state index contributed by atoms with van der Waals surface area (Å²) in [6.07, 6.45) is 2.00. The molecule has 1 aliphatic rings. The number of aryl methyl sites for hydroxylation is 1. The minimum atomic E-state index is -1.22. The van der Waals surface area contributed by atoms with Crippen LogP contribution in [-0.2, 0) is 9.92 Å². The third-order valence-electron chi connectivity index (χ3n) is 3.50. The van der Waals surface area contributed by atoms with E-state index in [9.17, 15) is 9.59 Å². The number of nitrogens with one attached hydrogen (secondary N) is 1. The maximum absolute atomic E-state index is 12.0. The average molecular weight is 386 g/mol. The summed E-state index contributed by atoms with van der Waals surface area (Å²) in [5.41, 5.74) is -0.511. The van der Waals surface area contributed by atoms with Crippen molar-refractivity contribution >= 4 is 31.0 Å². The zero-order valence-corrected chi connectivity index (χ0v) is 14.4. The molecule has 0 spiro atoms. The Labute approximate surface area is 138 Å². The van der Waals surface area contributed by atoms with Gasteiger partial charge in [0.25, 0.3) is 0 Å².